The molecule has 21 heavy (non-hydrogen) atoms. The van der Waals surface area contributed by atoms with Crippen LogP contribution in [-0.4, -0.2) is 0 Å². The van der Waals surface area contributed by atoms with E-state index in [2.05, 4.69) is 66.4 Å². The standard InChI is InChI=1S/C14H14.C6H7N/c1-3-7-13(8-4-1)11-12-14-9-5-2-6-10-14;7-6-4-2-1-3-5-6/h1-10H,11-12H2;1-5H,7H2/p+1. The first-order chi connectivity index (χ1) is 10.3. The van der Waals surface area contributed by atoms with Gasteiger partial charge in [-0.1, -0.05) is 78.9 Å². The number of rotatable bonds is 3. The summed E-state index contributed by atoms with van der Waals surface area (Å²) in [6.45, 7) is 0. The van der Waals surface area contributed by atoms with E-state index in [0.717, 1.165) is 18.5 Å². The Labute approximate surface area is 127 Å². The van der Waals surface area contributed by atoms with Gasteiger partial charge in [-0.3, -0.25) is 0 Å². The molecule has 3 aromatic rings. The number of hydrogen-bond donors (Lipinski definition) is 1. The molecule has 0 aromatic heterocycles. The molecule has 0 saturated heterocycles. The Morgan fingerprint density at radius 1 is 0.476 bits per heavy atom. The summed E-state index contributed by atoms with van der Waals surface area (Å²) in [7, 11) is 0. The van der Waals surface area contributed by atoms with E-state index >= 15 is 0 Å². The second-order valence-corrected chi connectivity index (χ2v) is 4.96. The summed E-state index contributed by atoms with van der Waals surface area (Å²) in [6.07, 6.45) is 2.26. The molecule has 0 amide bonds. The van der Waals surface area contributed by atoms with E-state index < -0.39 is 0 Å². The topological polar surface area (TPSA) is 27.6 Å². The molecule has 0 aliphatic carbocycles. The first kappa shape index (κ1) is 15.0. The first-order valence-electron chi connectivity index (χ1n) is 7.29. The molecule has 1 nitrogen and oxygen atoms in total. The lowest BCUT2D eigenvalue weighted by molar-refractivity contribution is -0.254. The van der Waals surface area contributed by atoms with Gasteiger partial charge in [0.2, 0.25) is 0 Å². The van der Waals surface area contributed by atoms with Crippen molar-refractivity contribution in [1.82, 2.24) is 0 Å². The van der Waals surface area contributed by atoms with Crippen LogP contribution >= 0.6 is 0 Å². The summed E-state index contributed by atoms with van der Waals surface area (Å²) in [5.41, 5.74) is 7.62. The van der Waals surface area contributed by atoms with Gasteiger partial charge in [-0.25, -0.2) is 0 Å². The molecule has 0 heterocycles. The van der Waals surface area contributed by atoms with Crippen molar-refractivity contribution in [2.24, 2.45) is 0 Å². The van der Waals surface area contributed by atoms with Gasteiger partial charge in [-0.15, -0.1) is 0 Å². The number of quaternary nitrogens is 1. The molecule has 3 aromatic carbocycles. The van der Waals surface area contributed by atoms with E-state index in [0.29, 0.717) is 0 Å². The molecule has 3 rings (SSSR count). The Morgan fingerprint density at radius 3 is 1.10 bits per heavy atom. The van der Waals surface area contributed by atoms with Crippen molar-refractivity contribution in [3.8, 4) is 0 Å². The van der Waals surface area contributed by atoms with Gasteiger partial charge in [0.15, 0.2) is 0 Å². The van der Waals surface area contributed by atoms with Gasteiger partial charge < -0.3 is 5.73 Å². The van der Waals surface area contributed by atoms with Gasteiger partial charge in [-0.2, -0.15) is 0 Å². The summed E-state index contributed by atoms with van der Waals surface area (Å²) in [6, 6.07) is 31.1. The van der Waals surface area contributed by atoms with Crippen molar-refractivity contribution >= 4 is 5.69 Å². The summed E-state index contributed by atoms with van der Waals surface area (Å²) >= 11 is 0. The van der Waals surface area contributed by atoms with Crippen LogP contribution in [0, 0.1) is 0 Å². The van der Waals surface area contributed by atoms with Crippen LogP contribution in [0.5, 0.6) is 0 Å². The Hall–Kier alpha value is -2.38. The second kappa shape index (κ2) is 8.72. The summed E-state index contributed by atoms with van der Waals surface area (Å²) in [4.78, 5) is 0. The Morgan fingerprint density at radius 2 is 0.810 bits per heavy atom. The van der Waals surface area contributed by atoms with Crippen LogP contribution in [0.4, 0.5) is 5.69 Å². The predicted octanol–water partition coefficient (Wildman–Crippen LogP) is 4.03. The van der Waals surface area contributed by atoms with Crippen molar-refractivity contribution < 1.29 is 5.73 Å². The number of hydrogen-bond acceptors (Lipinski definition) is 0. The van der Waals surface area contributed by atoms with E-state index in [1.807, 2.05) is 30.3 Å². The molecule has 0 aliphatic heterocycles. The molecule has 106 valence electrons. The molecule has 1 heteroatoms. The van der Waals surface area contributed by atoms with Crippen LogP contribution in [0.2, 0.25) is 0 Å². The van der Waals surface area contributed by atoms with E-state index in [1.54, 1.807) is 0 Å². The zero-order valence-electron chi connectivity index (χ0n) is 12.3. The third kappa shape index (κ3) is 6.07. The predicted molar refractivity (Wildman–Crippen MR) is 89.3 cm³/mol. The largest absolute Gasteiger partial charge is 0.325 e. The highest BCUT2D eigenvalue weighted by atomic mass is 14.5. The van der Waals surface area contributed by atoms with Gasteiger partial charge in [0, 0.05) is 0 Å². The van der Waals surface area contributed by atoms with Gasteiger partial charge in [0.1, 0.15) is 5.69 Å². The third-order valence-electron chi connectivity index (χ3n) is 3.23. The normalized spacial score (nSPS) is 9.57. The molecule has 0 atom stereocenters. The fourth-order valence-corrected chi connectivity index (χ4v) is 2.06. The number of benzene rings is 3. The fourth-order valence-electron chi connectivity index (χ4n) is 2.06. The molecule has 0 saturated carbocycles. The van der Waals surface area contributed by atoms with Crippen LogP contribution in [0.25, 0.3) is 0 Å². The molecule has 0 fully saturated rings. The fraction of sp³-hybridized carbons (Fsp3) is 0.100. The van der Waals surface area contributed by atoms with Crippen molar-refractivity contribution in [3.05, 3.63) is 102 Å². The zero-order chi connectivity index (χ0) is 14.8. The minimum Gasteiger partial charge on any atom is -0.325 e. The van der Waals surface area contributed by atoms with E-state index in [9.17, 15) is 0 Å². The van der Waals surface area contributed by atoms with Crippen LogP contribution < -0.4 is 5.73 Å². The van der Waals surface area contributed by atoms with Crippen LogP contribution in [0.3, 0.4) is 0 Å². The van der Waals surface area contributed by atoms with Gasteiger partial charge in [0.25, 0.3) is 0 Å². The summed E-state index contributed by atoms with van der Waals surface area (Å²) in [5.74, 6) is 0. The highest BCUT2D eigenvalue weighted by Crippen LogP contribution is 2.06. The van der Waals surface area contributed by atoms with Crippen molar-refractivity contribution in [3.63, 3.8) is 0 Å². The average Bonchev–Trinajstić information content (AvgIpc) is 2.56. The van der Waals surface area contributed by atoms with Crippen LogP contribution in [0.15, 0.2) is 91.0 Å². The molecule has 0 radical (unpaired) electrons. The second-order valence-electron chi connectivity index (χ2n) is 4.96. The van der Waals surface area contributed by atoms with Crippen molar-refractivity contribution in [1.29, 1.82) is 0 Å². The van der Waals surface area contributed by atoms with Crippen molar-refractivity contribution in [2.75, 3.05) is 0 Å². The maximum atomic E-state index is 3.72. The van der Waals surface area contributed by atoms with Gasteiger partial charge in [-0.05, 0) is 36.1 Å². The SMILES string of the molecule is [NH3+]c1ccccc1.c1ccc(CCc2ccccc2)cc1. The lowest BCUT2D eigenvalue weighted by atomic mass is 10.0. The van der Waals surface area contributed by atoms with Gasteiger partial charge in [0.05, 0.1) is 0 Å². The highest BCUT2D eigenvalue weighted by Gasteiger charge is 1.93. The Balaban J connectivity index is 0.000000194. The quantitative estimate of drug-likeness (QED) is 0.748. The smallest absolute Gasteiger partial charge is 0.127 e. The molecule has 0 bridgehead atoms. The highest BCUT2D eigenvalue weighted by molar-refractivity contribution is 5.25. The third-order valence-corrected chi connectivity index (χ3v) is 3.23. The molecular formula is C20H22N+. The van der Waals surface area contributed by atoms with Crippen molar-refractivity contribution in [2.45, 2.75) is 12.8 Å². The summed E-state index contributed by atoms with van der Waals surface area (Å²) < 4.78 is 0. The maximum Gasteiger partial charge on any atom is 0.127 e. The summed E-state index contributed by atoms with van der Waals surface area (Å²) in [5, 5.41) is 0. The lowest BCUT2D eigenvalue weighted by Gasteiger charge is -2.01. The van der Waals surface area contributed by atoms with Crippen LogP contribution in [0.1, 0.15) is 11.1 Å². The molecular weight excluding hydrogens is 254 g/mol. The molecule has 0 unspecified atom stereocenters. The Kier molecular flexibility index (Phi) is 6.24. The molecule has 0 spiro atoms. The van der Waals surface area contributed by atoms with E-state index in [4.69, 9.17) is 0 Å². The Bertz CT molecular complexity index is 564. The molecule has 3 N–H and O–H groups in total. The zero-order valence-corrected chi connectivity index (χ0v) is 12.3. The van der Waals surface area contributed by atoms with Gasteiger partial charge >= 0.3 is 0 Å². The van der Waals surface area contributed by atoms with E-state index in [1.165, 1.54) is 11.1 Å². The minimum atomic E-state index is 1.07. The van der Waals surface area contributed by atoms with E-state index in [-0.39, 0.29) is 0 Å². The van der Waals surface area contributed by atoms with Crippen LogP contribution in [-0.2, 0) is 12.8 Å². The average molecular weight is 276 g/mol. The maximum absolute atomic E-state index is 3.72. The lowest BCUT2D eigenvalue weighted by Crippen LogP contribution is -2.39. The minimum absolute atomic E-state index is 1.07. The number of aryl methyl sites for hydroxylation is 2. The first-order valence-corrected chi connectivity index (χ1v) is 7.29. The monoisotopic (exact) mass is 276 g/mol. The molecule has 0 aliphatic rings.